The maximum Gasteiger partial charge on any atom is 0.417 e. The highest BCUT2D eigenvalue weighted by Crippen LogP contribution is 2.41. The SMILES string of the molecule is C.C.C.CC(C)(C)OC(=O)N1Cc2nc(-c3c(F)cccc3C#N)cc(-n3ccc(N4CCC5(C4)OCC(O)CO5)n3)c2C1=O.CC(C)(C)OC(=O)N1Cc2nc(-c3c(F)cccc3C#N)cc(Cl)c2C1=O.N#Cc1cccc(F)c1-c1cc(-n2ccc(N3CCC4(C3)OCC(O)CO4)n2)c2c(n1)CNC2=O.OC1COC2(CCN(c3ccn[nH]3)C2)OC1. The molecule has 0 aliphatic carbocycles. The number of aromatic amines is 1. The first-order valence-corrected chi connectivity index (χ1v) is 38.7. The number of aliphatic hydroxyl groups excluding tert-OH is 3. The molecule has 0 unspecified atom stereocenters. The number of anilines is 3. The van der Waals surface area contributed by atoms with Gasteiger partial charge in [-0.25, -0.2) is 56.9 Å². The third-order valence-corrected chi connectivity index (χ3v) is 21.0. The van der Waals surface area contributed by atoms with Gasteiger partial charge in [-0.2, -0.15) is 31.1 Å². The van der Waals surface area contributed by atoms with Crippen LogP contribution in [0.2, 0.25) is 5.02 Å². The van der Waals surface area contributed by atoms with Gasteiger partial charge >= 0.3 is 12.2 Å². The number of aliphatic hydroxyl groups is 3. The number of nitriles is 3. The zero-order chi connectivity index (χ0) is 84.9. The molecule has 15 heterocycles. The predicted octanol–water partition coefficient (Wildman–Crippen LogP) is 10.6. The summed E-state index contributed by atoms with van der Waals surface area (Å²) in [4.78, 5) is 85.3. The number of pyridine rings is 3. The van der Waals surface area contributed by atoms with Gasteiger partial charge in [0, 0.05) is 69.5 Å². The number of H-pyrrole nitrogens is 1. The van der Waals surface area contributed by atoms with Gasteiger partial charge in [0.25, 0.3) is 17.7 Å². The zero-order valence-corrected chi connectivity index (χ0v) is 66.4. The Morgan fingerprint density at radius 3 is 1.29 bits per heavy atom. The second kappa shape index (κ2) is 36.0. The fraction of sp³-hybridized carbons (Fsp3) is 0.412. The average molecular weight is 1710 g/mol. The molecular formula is C85H92ClF3N18O16. The van der Waals surface area contributed by atoms with Crippen LogP contribution in [0.5, 0.6) is 0 Å². The molecule has 5 amide bonds. The first kappa shape index (κ1) is 89.9. The number of rotatable bonds is 8. The third kappa shape index (κ3) is 18.7. The fourth-order valence-electron chi connectivity index (χ4n) is 15.0. The minimum atomic E-state index is -0.837. The summed E-state index contributed by atoms with van der Waals surface area (Å²) in [7, 11) is 0. The Morgan fingerprint density at radius 1 is 0.520 bits per heavy atom. The Balaban J connectivity index is 0.000000155. The van der Waals surface area contributed by atoms with Crippen LogP contribution in [0.4, 0.5) is 40.2 Å². The van der Waals surface area contributed by atoms with Crippen molar-refractivity contribution in [1.82, 2.24) is 59.8 Å². The molecule has 9 aromatic rings. The normalized spacial score (nSPS) is 21.6. The van der Waals surface area contributed by atoms with Gasteiger partial charge in [0.15, 0.2) is 29.0 Å². The molecule has 9 aliphatic heterocycles. The van der Waals surface area contributed by atoms with Crippen molar-refractivity contribution in [2.75, 3.05) is 93.6 Å². The molecule has 3 aromatic carbocycles. The van der Waals surface area contributed by atoms with E-state index in [0.29, 0.717) is 87.4 Å². The molecule has 0 bridgehead atoms. The van der Waals surface area contributed by atoms with Crippen molar-refractivity contribution in [3.63, 3.8) is 0 Å². The van der Waals surface area contributed by atoms with E-state index in [2.05, 4.69) is 40.5 Å². The number of nitrogens with one attached hydrogen (secondary N) is 2. The van der Waals surface area contributed by atoms with Gasteiger partial charge in [0.2, 0.25) is 0 Å². The summed E-state index contributed by atoms with van der Waals surface area (Å²) >= 11 is 6.23. The lowest BCUT2D eigenvalue weighted by Crippen LogP contribution is -2.48. The lowest BCUT2D eigenvalue weighted by molar-refractivity contribution is -0.280. The van der Waals surface area contributed by atoms with Crippen molar-refractivity contribution in [1.29, 1.82) is 15.8 Å². The van der Waals surface area contributed by atoms with Gasteiger partial charge < -0.3 is 73.2 Å². The van der Waals surface area contributed by atoms with Gasteiger partial charge in [0.1, 0.15) is 52.8 Å². The third-order valence-electron chi connectivity index (χ3n) is 20.7. The molecule has 38 heteroatoms. The minimum Gasteiger partial charge on any atom is -0.443 e. The highest BCUT2D eigenvalue weighted by molar-refractivity contribution is 6.35. The molecule has 5 N–H and O–H groups in total. The Labute approximate surface area is 710 Å². The Hall–Kier alpha value is -12.3. The summed E-state index contributed by atoms with van der Waals surface area (Å²) in [6, 6.07) is 28.3. The van der Waals surface area contributed by atoms with Crippen molar-refractivity contribution < 1.29 is 90.4 Å². The van der Waals surface area contributed by atoms with E-state index in [1.165, 1.54) is 71.4 Å². The summed E-state index contributed by atoms with van der Waals surface area (Å²) < 4.78 is 92.2. The Morgan fingerprint density at radius 2 is 0.894 bits per heavy atom. The molecular weight excluding hydrogens is 1620 g/mol. The number of amides is 5. The number of benzene rings is 3. The molecule has 6 aromatic heterocycles. The number of imide groups is 2. The van der Waals surface area contributed by atoms with E-state index in [-0.39, 0.29) is 158 Å². The quantitative estimate of drug-likeness (QED) is 0.0943. The van der Waals surface area contributed by atoms with Crippen molar-refractivity contribution in [2.24, 2.45) is 0 Å². The van der Waals surface area contributed by atoms with Crippen molar-refractivity contribution >= 4 is 59.0 Å². The number of nitrogens with zero attached hydrogens (tertiary/aromatic N) is 16. The van der Waals surface area contributed by atoms with Crippen LogP contribution >= 0.6 is 11.6 Å². The summed E-state index contributed by atoms with van der Waals surface area (Å²) in [6.45, 7) is 15.2. The summed E-state index contributed by atoms with van der Waals surface area (Å²) in [5, 5.41) is 76.1. The van der Waals surface area contributed by atoms with Crippen LogP contribution in [-0.4, -0.2) is 226 Å². The van der Waals surface area contributed by atoms with Gasteiger partial charge in [-0.15, -0.1) is 0 Å². The number of halogens is 4. The van der Waals surface area contributed by atoms with E-state index in [0.717, 1.165) is 28.6 Å². The maximum atomic E-state index is 15.1. The molecule has 123 heavy (non-hydrogen) atoms. The molecule has 9 aliphatic rings. The van der Waals surface area contributed by atoms with Gasteiger partial charge in [-0.1, -0.05) is 52.1 Å². The monoisotopic (exact) mass is 1710 g/mol. The molecule has 0 atom stereocenters. The Bertz CT molecular complexity index is 5640. The smallest absolute Gasteiger partial charge is 0.417 e. The number of carbonyl (C=O) groups is 5. The summed E-state index contributed by atoms with van der Waals surface area (Å²) in [5.41, 5.74) is 1.45. The van der Waals surface area contributed by atoms with Crippen molar-refractivity contribution in [3.8, 4) is 63.4 Å². The van der Waals surface area contributed by atoms with E-state index >= 15 is 4.39 Å². The van der Waals surface area contributed by atoms with Gasteiger partial charge in [-0.3, -0.25) is 19.5 Å². The van der Waals surface area contributed by atoms with Crippen LogP contribution in [0.1, 0.15) is 148 Å². The summed E-state index contributed by atoms with van der Waals surface area (Å²) in [5.74, 6) is -3.32. The van der Waals surface area contributed by atoms with Crippen LogP contribution in [0.25, 0.3) is 45.1 Å². The molecule has 3 spiro atoms. The van der Waals surface area contributed by atoms with Crippen LogP contribution in [0, 0.1) is 51.4 Å². The number of ether oxygens (including phenoxy) is 8. The van der Waals surface area contributed by atoms with Crippen LogP contribution in [-0.2, 0) is 57.5 Å². The number of carbonyl (C=O) groups excluding carboxylic acids is 5. The minimum absolute atomic E-state index is 0. The Kier molecular flexibility index (Phi) is 26.3. The first-order chi connectivity index (χ1) is 57.3. The topological polar surface area (TPSA) is 422 Å². The second-order valence-corrected chi connectivity index (χ2v) is 31.9. The van der Waals surface area contributed by atoms with Gasteiger partial charge in [-0.05, 0) is 96.1 Å². The average Bonchev–Trinajstić information content (AvgIpc) is 1.62. The molecule has 18 rings (SSSR count). The highest BCUT2D eigenvalue weighted by Gasteiger charge is 2.48. The second-order valence-electron chi connectivity index (χ2n) is 31.5. The van der Waals surface area contributed by atoms with Crippen LogP contribution < -0.4 is 20.0 Å². The zero-order valence-electron chi connectivity index (χ0n) is 65.7. The van der Waals surface area contributed by atoms with Crippen molar-refractivity contribution in [3.05, 3.63) is 183 Å². The predicted molar refractivity (Wildman–Crippen MR) is 437 cm³/mol. The highest BCUT2D eigenvalue weighted by atomic mass is 35.5. The molecule has 0 saturated carbocycles. The molecule has 6 saturated heterocycles. The molecule has 0 radical (unpaired) electrons. The van der Waals surface area contributed by atoms with Crippen LogP contribution in [0.3, 0.4) is 0 Å². The number of hydrogen-bond donors (Lipinski definition) is 5. The van der Waals surface area contributed by atoms with E-state index in [1.54, 1.807) is 76.9 Å². The number of aromatic nitrogens is 9. The maximum absolute atomic E-state index is 15.1. The largest absolute Gasteiger partial charge is 0.443 e. The van der Waals surface area contributed by atoms with Crippen molar-refractivity contribution in [2.45, 2.75) is 150 Å². The van der Waals surface area contributed by atoms with E-state index in [1.807, 2.05) is 40.1 Å². The lowest BCUT2D eigenvalue weighted by Gasteiger charge is -2.35. The number of hydrogen-bond acceptors (Lipinski definition) is 28. The lowest BCUT2D eigenvalue weighted by atomic mass is 10.0. The molecule has 646 valence electrons. The first-order valence-electron chi connectivity index (χ1n) is 38.3. The standard InChI is InChI=1S/C29H29FN6O6.C24H21FN6O4.C19H15ClFN3O3.C10H15N3O3.3CH4/c1-28(2,3)42-27(39)35-13-21-25(26(35)38)22(11-20(32-21)24-17(12-31)5-4-6-19(24)30)36-9-7-23(33-36)34-10-8-29(16-34)40-14-18(37)15-41-29;25-16-3-1-2-14(9-26)21(16)17-8-19(22-18(28-17)10-27-23(22)33)31-6-4-20(29-31)30-7-5-24(13-30)34-11-15(32)12-35-24;1-19(2,3)27-18(26)24-9-14-16(17(24)25)11(20)7-13(23-14)15-10(8-22)5-4-6-12(15)21;14-8-5-15-10(16-6-8)2-4-13(7-10)9-1-3-11-12-9;;;/h4-7,9,11,18,37H,8,10,13-16H2,1-3H3;1-4,6,8,15,32H,5,7,10-13H2,(H,27,33);4-7H,9H2,1-3H3;1,3,8,14H,2,4-7H2,(H,11,12);3*1H4. The van der Waals surface area contributed by atoms with E-state index < -0.39 is 88.3 Å². The van der Waals surface area contributed by atoms with Gasteiger partial charge in [0.05, 0.1) is 204 Å². The van der Waals surface area contributed by atoms with E-state index in [9.17, 15) is 63.9 Å². The van der Waals surface area contributed by atoms with Crippen LogP contribution in [0.15, 0.2) is 110 Å². The molecule has 34 nitrogen and oxygen atoms in total. The van der Waals surface area contributed by atoms with E-state index in [4.69, 9.17) is 54.6 Å². The molecule has 6 fully saturated rings. The summed E-state index contributed by atoms with van der Waals surface area (Å²) in [6.07, 6.45) is 3.71. The number of fused-ring (bicyclic) bond motifs is 3. The fourth-order valence-corrected chi connectivity index (χ4v) is 15.3.